The lowest BCUT2D eigenvalue weighted by atomic mass is 10.0. The molecule has 0 aromatic heterocycles. The molecule has 0 fully saturated rings. The molecular weight excluding hydrogens is 254 g/mol. The van der Waals surface area contributed by atoms with E-state index in [1.54, 1.807) is 13.0 Å². The Morgan fingerprint density at radius 2 is 2.10 bits per heavy atom. The second kappa shape index (κ2) is 6.75. The van der Waals surface area contributed by atoms with Crippen LogP contribution in [0.1, 0.15) is 51.3 Å². The zero-order valence-electron chi connectivity index (χ0n) is 13.0. The summed E-state index contributed by atoms with van der Waals surface area (Å²) in [4.78, 5) is 11.8. The Labute approximate surface area is 121 Å². The number of benzene rings is 1. The van der Waals surface area contributed by atoms with Crippen LogP contribution in [0.15, 0.2) is 18.2 Å². The van der Waals surface area contributed by atoms with E-state index in [0.29, 0.717) is 11.3 Å². The predicted molar refractivity (Wildman–Crippen MR) is 79.8 cm³/mol. The van der Waals surface area contributed by atoms with Crippen molar-refractivity contribution in [2.45, 2.75) is 52.7 Å². The predicted octanol–water partition coefficient (Wildman–Crippen LogP) is 2.73. The molecule has 1 aromatic rings. The maximum Gasteiger partial charge on any atom is 0.258 e. The van der Waals surface area contributed by atoms with Crippen LogP contribution in [0.5, 0.6) is 5.75 Å². The van der Waals surface area contributed by atoms with Gasteiger partial charge in [0.15, 0.2) is 6.61 Å². The average molecular weight is 279 g/mol. The molecule has 0 aliphatic carbocycles. The Morgan fingerprint density at radius 3 is 2.65 bits per heavy atom. The summed E-state index contributed by atoms with van der Waals surface area (Å²) >= 11 is 0. The molecule has 4 heteroatoms. The van der Waals surface area contributed by atoms with Crippen LogP contribution in [0.2, 0.25) is 0 Å². The highest BCUT2D eigenvalue weighted by molar-refractivity contribution is 5.78. The number of aryl methyl sites for hydroxylation is 1. The van der Waals surface area contributed by atoms with Crippen molar-refractivity contribution in [1.82, 2.24) is 5.32 Å². The van der Waals surface area contributed by atoms with E-state index in [1.165, 1.54) is 0 Å². The summed E-state index contributed by atoms with van der Waals surface area (Å²) in [6.45, 7) is 9.54. The van der Waals surface area contributed by atoms with Crippen molar-refractivity contribution in [3.8, 4) is 5.75 Å². The van der Waals surface area contributed by atoms with E-state index < -0.39 is 6.10 Å². The number of aliphatic hydroxyl groups is 1. The van der Waals surface area contributed by atoms with Gasteiger partial charge in [-0.05, 0) is 46.2 Å². The highest BCUT2D eigenvalue weighted by Crippen LogP contribution is 2.26. The highest BCUT2D eigenvalue weighted by atomic mass is 16.5. The van der Waals surface area contributed by atoms with Gasteiger partial charge in [0, 0.05) is 11.1 Å². The fourth-order valence-corrected chi connectivity index (χ4v) is 1.77. The lowest BCUT2D eigenvalue weighted by Crippen LogP contribution is -2.44. The fourth-order valence-electron chi connectivity index (χ4n) is 1.77. The van der Waals surface area contributed by atoms with Crippen LogP contribution in [0, 0.1) is 6.92 Å². The number of hydrogen-bond donors (Lipinski definition) is 2. The first-order valence-electron chi connectivity index (χ1n) is 6.97. The minimum absolute atomic E-state index is 0.0494. The van der Waals surface area contributed by atoms with Gasteiger partial charge < -0.3 is 15.2 Å². The molecule has 112 valence electrons. The third kappa shape index (κ3) is 4.85. The monoisotopic (exact) mass is 279 g/mol. The van der Waals surface area contributed by atoms with Crippen molar-refractivity contribution >= 4 is 5.91 Å². The van der Waals surface area contributed by atoms with E-state index in [0.717, 1.165) is 12.0 Å². The van der Waals surface area contributed by atoms with Crippen molar-refractivity contribution in [1.29, 1.82) is 0 Å². The smallest absolute Gasteiger partial charge is 0.258 e. The van der Waals surface area contributed by atoms with Gasteiger partial charge in [-0.2, -0.15) is 0 Å². The first kappa shape index (κ1) is 16.5. The van der Waals surface area contributed by atoms with E-state index in [4.69, 9.17) is 4.74 Å². The molecule has 0 saturated carbocycles. The van der Waals surface area contributed by atoms with Gasteiger partial charge in [-0.1, -0.05) is 18.6 Å². The van der Waals surface area contributed by atoms with Crippen LogP contribution in [-0.2, 0) is 4.79 Å². The van der Waals surface area contributed by atoms with Crippen molar-refractivity contribution in [3.63, 3.8) is 0 Å². The minimum Gasteiger partial charge on any atom is -0.483 e. The molecule has 0 aliphatic rings. The topological polar surface area (TPSA) is 58.6 Å². The number of amides is 1. The number of hydrogen-bond acceptors (Lipinski definition) is 3. The quantitative estimate of drug-likeness (QED) is 0.841. The first-order chi connectivity index (χ1) is 9.25. The zero-order valence-corrected chi connectivity index (χ0v) is 13.0. The molecule has 0 heterocycles. The molecule has 1 aromatic carbocycles. The van der Waals surface area contributed by atoms with Crippen molar-refractivity contribution < 1.29 is 14.6 Å². The molecule has 20 heavy (non-hydrogen) atoms. The summed E-state index contributed by atoms with van der Waals surface area (Å²) in [6.07, 6.45) is 0.224. The normalized spacial score (nSPS) is 12.9. The second-order valence-corrected chi connectivity index (χ2v) is 5.79. The molecule has 0 spiro atoms. The standard InChI is InChI=1S/C16H25NO3/c1-6-16(4,5)17-15(19)10-20-14-8-7-11(2)9-13(14)12(3)18/h7-9,12,18H,6,10H2,1-5H3,(H,17,19)/t12-/m1/s1. The fraction of sp³-hybridized carbons (Fsp3) is 0.562. The molecule has 4 nitrogen and oxygen atoms in total. The number of nitrogens with one attached hydrogen (secondary N) is 1. The summed E-state index contributed by atoms with van der Waals surface area (Å²) in [5.74, 6) is 0.393. The number of carbonyl (C=O) groups excluding carboxylic acids is 1. The molecule has 2 N–H and O–H groups in total. The Balaban J connectivity index is 2.68. The van der Waals surface area contributed by atoms with Crippen LogP contribution in [0.25, 0.3) is 0 Å². The van der Waals surface area contributed by atoms with Gasteiger partial charge in [0.05, 0.1) is 6.10 Å². The Kier molecular flexibility index (Phi) is 5.57. The molecule has 1 amide bonds. The zero-order chi connectivity index (χ0) is 15.3. The van der Waals surface area contributed by atoms with Crippen molar-refractivity contribution in [3.05, 3.63) is 29.3 Å². The van der Waals surface area contributed by atoms with Gasteiger partial charge in [-0.25, -0.2) is 0 Å². The van der Waals surface area contributed by atoms with E-state index in [2.05, 4.69) is 5.32 Å². The van der Waals surface area contributed by atoms with Gasteiger partial charge in [-0.15, -0.1) is 0 Å². The first-order valence-corrected chi connectivity index (χ1v) is 6.97. The maximum atomic E-state index is 11.8. The van der Waals surface area contributed by atoms with Crippen LogP contribution in [0.3, 0.4) is 0 Å². The van der Waals surface area contributed by atoms with Crippen LogP contribution < -0.4 is 10.1 Å². The SMILES string of the molecule is CCC(C)(C)NC(=O)COc1ccc(C)cc1[C@@H](C)O. The lowest BCUT2D eigenvalue weighted by molar-refractivity contribution is -0.124. The van der Waals surface area contributed by atoms with E-state index >= 15 is 0 Å². The molecule has 1 atom stereocenters. The van der Waals surface area contributed by atoms with Crippen LogP contribution >= 0.6 is 0 Å². The van der Waals surface area contributed by atoms with Crippen molar-refractivity contribution in [2.75, 3.05) is 6.61 Å². The van der Waals surface area contributed by atoms with E-state index in [-0.39, 0.29) is 18.1 Å². The molecule has 0 radical (unpaired) electrons. The summed E-state index contributed by atoms with van der Waals surface area (Å²) in [5, 5.41) is 12.6. The molecule has 0 saturated heterocycles. The summed E-state index contributed by atoms with van der Waals surface area (Å²) < 4.78 is 5.53. The van der Waals surface area contributed by atoms with Gasteiger partial charge in [0.25, 0.3) is 5.91 Å². The molecule has 0 bridgehead atoms. The Bertz CT molecular complexity index is 467. The van der Waals surface area contributed by atoms with Gasteiger partial charge in [-0.3, -0.25) is 4.79 Å². The molecule has 1 rings (SSSR count). The highest BCUT2D eigenvalue weighted by Gasteiger charge is 2.18. The minimum atomic E-state index is -0.625. The maximum absolute atomic E-state index is 11.8. The van der Waals surface area contributed by atoms with Crippen molar-refractivity contribution in [2.24, 2.45) is 0 Å². The number of rotatable bonds is 6. The van der Waals surface area contributed by atoms with Gasteiger partial charge >= 0.3 is 0 Å². The summed E-state index contributed by atoms with van der Waals surface area (Å²) in [6, 6.07) is 5.55. The lowest BCUT2D eigenvalue weighted by Gasteiger charge is -2.24. The Morgan fingerprint density at radius 1 is 1.45 bits per heavy atom. The number of carbonyl (C=O) groups is 1. The van der Waals surface area contributed by atoms with Gasteiger partial charge in [0.1, 0.15) is 5.75 Å². The average Bonchev–Trinajstić information content (AvgIpc) is 2.36. The third-order valence-corrected chi connectivity index (χ3v) is 3.34. The second-order valence-electron chi connectivity index (χ2n) is 5.79. The Hall–Kier alpha value is -1.55. The van der Waals surface area contributed by atoms with Gasteiger partial charge in [0.2, 0.25) is 0 Å². The number of aliphatic hydroxyl groups excluding tert-OH is 1. The molecular formula is C16H25NO3. The van der Waals surface area contributed by atoms with Crippen LogP contribution in [-0.4, -0.2) is 23.2 Å². The molecule has 0 aliphatic heterocycles. The van der Waals surface area contributed by atoms with Crippen LogP contribution in [0.4, 0.5) is 0 Å². The molecule has 0 unspecified atom stereocenters. The largest absolute Gasteiger partial charge is 0.483 e. The van der Waals surface area contributed by atoms with E-state index in [1.807, 2.05) is 39.8 Å². The third-order valence-electron chi connectivity index (χ3n) is 3.34. The number of ether oxygens (including phenoxy) is 1. The summed E-state index contributed by atoms with van der Waals surface area (Å²) in [5.41, 5.74) is 1.51. The van der Waals surface area contributed by atoms with E-state index in [9.17, 15) is 9.90 Å². The summed E-state index contributed by atoms with van der Waals surface area (Å²) in [7, 11) is 0.